The molecule has 0 atom stereocenters. The molecule has 0 saturated heterocycles. The smallest absolute Gasteiger partial charge is 0.186 e. The number of hydrogen-bond donors (Lipinski definition) is 1. The minimum atomic E-state index is 0.673. The summed E-state index contributed by atoms with van der Waals surface area (Å²) in [5, 5.41) is 4.94. The summed E-state index contributed by atoms with van der Waals surface area (Å²) in [7, 11) is 1.99. The third-order valence-corrected chi connectivity index (χ3v) is 3.94. The molecule has 0 fully saturated rings. The number of thiazole rings is 1. The quantitative estimate of drug-likeness (QED) is 0.744. The molecule has 19 heavy (non-hydrogen) atoms. The molecule has 2 N–H and O–H groups in total. The summed E-state index contributed by atoms with van der Waals surface area (Å²) in [5.74, 6) is 0.820. The van der Waals surface area contributed by atoms with Gasteiger partial charge < -0.3 is 15.2 Å². The van der Waals surface area contributed by atoms with Gasteiger partial charge in [0.2, 0.25) is 0 Å². The number of benzene rings is 1. The predicted octanol–water partition coefficient (Wildman–Crippen LogP) is 2.81. The zero-order valence-corrected chi connectivity index (χ0v) is 11.6. The van der Waals surface area contributed by atoms with Crippen LogP contribution in [0.4, 0.5) is 10.8 Å². The fraction of sp³-hybridized carbons (Fsp3) is 0.231. The lowest BCUT2D eigenvalue weighted by Gasteiger charge is -2.12. The van der Waals surface area contributed by atoms with Crippen LogP contribution >= 0.6 is 11.3 Å². The van der Waals surface area contributed by atoms with Crippen molar-refractivity contribution in [1.82, 2.24) is 10.1 Å². The topological polar surface area (TPSA) is 68.2 Å². The first kappa shape index (κ1) is 12.0. The molecule has 0 aliphatic heterocycles. The van der Waals surface area contributed by atoms with E-state index in [0.29, 0.717) is 6.54 Å². The van der Waals surface area contributed by atoms with Gasteiger partial charge in [-0.25, -0.2) is 4.98 Å². The molecule has 0 radical (unpaired) electrons. The number of nitrogens with zero attached hydrogens (tertiary/aromatic N) is 3. The number of nitrogens with two attached hydrogens (primary N) is 1. The molecule has 2 aromatic heterocycles. The van der Waals surface area contributed by atoms with Gasteiger partial charge in [-0.05, 0) is 25.1 Å². The molecule has 0 saturated carbocycles. The van der Waals surface area contributed by atoms with E-state index in [1.54, 1.807) is 11.3 Å². The fourth-order valence-corrected chi connectivity index (χ4v) is 2.87. The monoisotopic (exact) mass is 274 g/mol. The number of rotatable bonds is 3. The molecule has 0 amide bonds. The molecule has 0 aliphatic carbocycles. The van der Waals surface area contributed by atoms with E-state index >= 15 is 0 Å². The lowest BCUT2D eigenvalue weighted by Crippen LogP contribution is -2.16. The maximum Gasteiger partial charge on any atom is 0.186 e. The lowest BCUT2D eigenvalue weighted by molar-refractivity contribution is 0.390. The van der Waals surface area contributed by atoms with Gasteiger partial charge in [-0.1, -0.05) is 16.5 Å². The van der Waals surface area contributed by atoms with Gasteiger partial charge in [0.05, 0.1) is 16.8 Å². The van der Waals surface area contributed by atoms with Gasteiger partial charge in [-0.2, -0.15) is 0 Å². The van der Waals surface area contributed by atoms with E-state index in [-0.39, 0.29) is 0 Å². The molecule has 1 aromatic carbocycles. The molecule has 0 spiro atoms. The van der Waals surface area contributed by atoms with Crippen LogP contribution in [-0.2, 0) is 6.54 Å². The summed E-state index contributed by atoms with van der Waals surface area (Å²) in [5.41, 5.74) is 8.41. The van der Waals surface area contributed by atoms with Gasteiger partial charge in [-0.3, -0.25) is 0 Å². The zero-order valence-electron chi connectivity index (χ0n) is 10.8. The molecule has 2 heterocycles. The normalized spacial score (nSPS) is 11.1. The molecule has 6 heteroatoms. The average Bonchev–Trinajstić information content (AvgIpc) is 2.95. The minimum absolute atomic E-state index is 0.673. The molecular weight excluding hydrogens is 260 g/mol. The van der Waals surface area contributed by atoms with E-state index in [2.05, 4.69) is 15.0 Å². The van der Waals surface area contributed by atoms with Crippen LogP contribution < -0.4 is 10.6 Å². The first-order chi connectivity index (χ1) is 9.11. The second kappa shape index (κ2) is 4.55. The highest BCUT2D eigenvalue weighted by atomic mass is 32.1. The number of hydrogen-bond acceptors (Lipinski definition) is 6. The average molecular weight is 274 g/mol. The molecule has 3 rings (SSSR count). The second-order valence-electron chi connectivity index (χ2n) is 4.51. The molecule has 5 nitrogen and oxygen atoms in total. The van der Waals surface area contributed by atoms with Gasteiger partial charge in [-0.15, -0.1) is 0 Å². The first-order valence-electron chi connectivity index (χ1n) is 5.91. The molecular formula is C13H14N4OS. The SMILES string of the molecule is Cc1cc(CN(C)c2nc3ccc(N)cc3s2)no1. The maximum atomic E-state index is 5.78. The lowest BCUT2D eigenvalue weighted by atomic mass is 10.3. The Bertz CT molecular complexity index is 718. The van der Waals surface area contributed by atoms with Gasteiger partial charge in [0, 0.05) is 18.8 Å². The highest BCUT2D eigenvalue weighted by molar-refractivity contribution is 7.22. The van der Waals surface area contributed by atoms with Crippen LogP contribution in [0.3, 0.4) is 0 Å². The standard InChI is InChI=1S/C13H14N4OS/c1-8-5-10(16-18-8)7-17(2)13-15-11-4-3-9(14)6-12(11)19-13/h3-6H,7,14H2,1-2H3. The summed E-state index contributed by atoms with van der Waals surface area (Å²) in [6, 6.07) is 7.69. The second-order valence-corrected chi connectivity index (χ2v) is 5.52. The van der Waals surface area contributed by atoms with E-state index in [0.717, 1.165) is 32.5 Å². The third-order valence-electron chi connectivity index (χ3n) is 2.80. The summed E-state index contributed by atoms with van der Waals surface area (Å²) in [6.07, 6.45) is 0. The summed E-state index contributed by atoms with van der Waals surface area (Å²) in [4.78, 5) is 6.64. The number of aryl methyl sites for hydroxylation is 1. The van der Waals surface area contributed by atoms with Gasteiger partial charge in [0.15, 0.2) is 5.13 Å². The van der Waals surface area contributed by atoms with Crippen molar-refractivity contribution in [2.75, 3.05) is 17.7 Å². The van der Waals surface area contributed by atoms with Crippen molar-refractivity contribution in [2.45, 2.75) is 13.5 Å². The van der Waals surface area contributed by atoms with E-state index in [4.69, 9.17) is 10.3 Å². The Balaban J connectivity index is 1.86. The highest BCUT2D eigenvalue weighted by Gasteiger charge is 2.11. The summed E-state index contributed by atoms with van der Waals surface area (Å²) in [6.45, 7) is 2.56. The van der Waals surface area contributed by atoms with Crippen molar-refractivity contribution in [1.29, 1.82) is 0 Å². The Kier molecular flexibility index (Phi) is 2.87. The highest BCUT2D eigenvalue weighted by Crippen LogP contribution is 2.30. The van der Waals surface area contributed by atoms with Crippen molar-refractivity contribution < 1.29 is 4.52 Å². The Morgan fingerprint density at radius 2 is 2.21 bits per heavy atom. The van der Waals surface area contributed by atoms with Crippen LogP contribution in [-0.4, -0.2) is 17.2 Å². The fourth-order valence-electron chi connectivity index (χ4n) is 1.90. The predicted molar refractivity (Wildman–Crippen MR) is 77.4 cm³/mol. The number of fused-ring (bicyclic) bond motifs is 1. The van der Waals surface area contributed by atoms with Crippen molar-refractivity contribution in [3.05, 3.63) is 35.7 Å². The summed E-state index contributed by atoms with van der Waals surface area (Å²) < 4.78 is 6.16. The van der Waals surface area contributed by atoms with Crippen LogP contribution in [0.15, 0.2) is 28.8 Å². The Labute approximate surface area is 114 Å². The summed E-state index contributed by atoms with van der Waals surface area (Å²) >= 11 is 1.62. The molecule has 0 unspecified atom stereocenters. The third kappa shape index (κ3) is 2.39. The Morgan fingerprint density at radius 3 is 2.95 bits per heavy atom. The van der Waals surface area contributed by atoms with E-state index in [1.165, 1.54) is 0 Å². The number of anilines is 2. The zero-order chi connectivity index (χ0) is 13.4. The first-order valence-corrected chi connectivity index (χ1v) is 6.73. The number of nitrogen functional groups attached to an aromatic ring is 1. The number of aromatic nitrogens is 2. The van der Waals surface area contributed by atoms with Gasteiger partial charge >= 0.3 is 0 Å². The molecule has 3 aromatic rings. The van der Waals surface area contributed by atoms with Crippen molar-refractivity contribution in [2.24, 2.45) is 0 Å². The Hall–Kier alpha value is -2.08. The van der Waals surface area contributed by atoms with Crippen molar-refractivity contribution in [3.63, 3.8) is 0 Å². The molecule has 0 bridgehead atoms. The van der Waals surface area contributed by atoms with E-state index in [1.807, 2.05) is 38.2 Å². The maximum absolute atomic E-state index is 5.78. The van der Waals surface area contributed by atoms with Crippen LogP contribution in [0.1, 0.15) is 11.5 Å². The van der Waals surface area contributed by atoms with Crippen LogP contribution in [0.25, 0.3) is 10.2 Å². The van der Waals surface area contributed by atoms with Crippen molar-refractivity contribution >= 4 is 32.4 Å². The van der Waals surface area contributed by atoms with Crippen LogP contribution in [0.5, 0.6) is 0 Å². The molecule has 98 valence electrons. The van der Waals surface area contributed by atoms with Gasteiger partial charge in [0.1, 0.15) is 11.5 Å². The minimum Gasteiger partial charge on any atom is -0.399 e. The van der Waals surface area contributed by atoms with Crippen LogP contribution in [0, 0.1) is 6.92 Å². The van der Waals surface area contributed by atoms with Crippen LogP contribution in [0.2, 0.25) is 0 Å². The molecule has 0 aliphatic rings. The van der Waals surface area contributed by atoms with Crippen molar-refractivity contribution in [3.8, 4) is 0 Å². The van der Waals surface area contributed by atoms with E-state index < -0.39 is 0 Å². The largest absolute Gasteiger partial charge is 0.399 e. The van der Waals surface area contributed by atoms with E-state index in [9.17, 15) is 0 Å². The Morgan fingerprint density at radius 1 is 1.37 bits per heavy atom. The van der Waals surface area contributed by atoms with Gasteiger partial charge in [0.25, 0.3) is 0 Å².